The van der Waals surface area contributed by atoms with Crippen LogP contribution in [-0.4, -0.2) is 14.6 Å². The first-order chi connectivity index (χ1) is 6.13. The van der Waals surface area contributed by atoms with Gasteiger partial charge in [0.1, 0.15) is 3.38 Å². The van der Waals surface area contributed by atoms with E-state index in [1.807, 2.05) is 59.8 Å². The average Bonchev–Trinajstić information content (AvgIpc) is 2.17. The molecule has 0 aliphatic heterocycles. The lowest BCUT2D eigenvalue weighted by atomic mass is 9.96. The van der Waals surface area contributed by atoms with Crippen molar-refractivity contribution in [2.45, 2.75) is 22.3 Å². The van der Waals surface area contributed by atoms with Crippen molar-refractivity contribution in [1.82, 2.24) is 0 Å². The summed E-state index contributed by atoms with van der Waals surface area (Å²) in [5.41, 5.74) is 1.12. The zero-order chi connectivity index (χ0) is 9.84. The summed E-state index contributed by atoms with van der Waals surface area (Å²) in [6.45, 7) is 1.98. The third-order valence-corrected chi connectivity index (χ3v) is 3.09. The van der Waals surface area contributed by atoms with Gasteiger partial charge in [-0.2, -0.15) is 0 Å². The molecule has 1 N–H and O–H groups in total. The Hall–Kier alpha value is 0.200. The normalized spacial score (nSPS) is 17.8. The third kappa shape index (κ3) is 3.11. The lowest BCUT2D eigenvalue weighted by Gasteiger charge is -2.19. The van der Waals surface area contributed by atoms with Crippen LogP contribution in [0.5, 0.6) is 0 Å². The number of benzene rings is 1. The van der Waals surface area contributed by atoms with E-state index in [0.717, 1.165) is 5.56 Å². The zero-order valence-electron chi connectivity index (χ0n) is 7.32. The molecule has 0 aromatic heterocycles. The van der Waals surface area contributed by atoms with Gasteiger partial charge in [0.2, 0.25) is 0 Å². The summed E-state index contributed by atoms with van der Waals surface area (Å²) in [7, 11) is 0. The molecule has 0 saturated carbocycles. The largest absolute Gasteiger partial charge is 0.390 e. The van der Waals surface area contributed by atoms with Crippen LogP contribution in [0.3, 0.4) is 0 Å². The highest BCUT2D eigenvalue weighted by Gasteiger charge is 2.21. The van der Waals surface area contributed by atoms with E-state index in [1.54, 1.807) is 0 Å². The Balaban J connectivity index is 2.73. The van der Waals surface area contributed by atoms with Crippen LogP contribution in [0.1, 0.15) is 18.4 Å². The second-order valence-electron chi connectivity index (χ2n) is 3.02. The molecular formula is C10H12ClIO. The van der Waals surface area contributed by atoms with Gasteiger partial charge in [-0.25, -0.2) is 0 Å². The quantitative estimate of drug-likeness (QED) is 0.672. The average molecular weight is 311 g/mol. The molecule has 0 aliphatic carbocycles. The summed E-state index contributed by atoms with van der Waals surface area (Å²) in [5, 5.41) is 9.71. The fourth-order valence-corrected chi connectivity index (χ4v) is 2.01. The minimum absolute atomic E-state index is 0.0839. The fourth-order valence-electron chi connectivity index (χ4n) is 1.17. The van der Waals surface area contributed by atoms with E-state index >= 15 is 0 Å². The Morgan fingerprint density at radius 3 is 2.31 bits per heavy atom. The van der Waals surface area contributed by atoms with Crippen LogP contribution in [0.2, 0.25) is 0 Å². The summed E-state index contributed by atoms with van der Waals surface area (Å²) in [5.74, 6) is 0.0839. The van der Waals surface area contributed by atoms with Crippen molar-refractivity contribution < 1.29 is 5.11 Å². The van der Waals surface area contributed by atoms with Gasteiger partial charge in [-0.15, -0.1) is 11.6 Å². The first-order valence-electron chi connectivity index (χ1n) is 4.14. The molecule has 0 amide bonds. The SMILES string of the molecule is CC(c1ccccc1)C(O)C(Cl)I. The Kier molecular flexibility index (Phi) is 4.49. The highest BCUT2D eigenvalue weighted by Crippen LogP contribution is 2.26. The molecule has 0 radical (unpaired) electrons. The number of hydrogen-bond acceptors (Lipinski definition) is 1. The Morgan fingerprint density at radius 2 is 1.85 bits per heavy atom. The van der Waals surface area contributed by atoms with E-state index in [2.05, 4.69) is 0 Å². The van der Waals surface area contributed by atoms with Crippen LogP contribution >= 0.6 is 34.2 Å². The molecule has 1 rings (SSSR count). The summed E-state index contributed by atoms with van der Waals surface area (Å²) >= 11 is 7.84. The van der Waals surface area contributed by atoms with Gasteiger partial charge in [0.15, 0.2) is 0 Å². The second kappa shape index (κ2) is 5.17. The lowest BCUT2D eigenvalue weighted by Crippen LogP contribution is -2.22. The van der Waals surface area contributed by atoms with E-state index in [9.17, 15) is 5.11 Å². The maximum Gasteiger partial charge on any atom is 0.111 e. The van der Waals surface area contributed by atoms with E-state index in [-0.39, 0.29) is 9.30 Å². The molecule has 0 fully saturated rings. The minimum atomic E-state index is -0.496. The van der Waals surface area contributed by atoms with Gasteiger partial charge in [-0.05, 0) is 5.56 Å². The van der Waals surface area contributed by atoms with Crippen molar-refractivity contribution in [1.29, 1.82) is 0 Å². The third-order valence-electron chi connectivity index (χ3n) is 2.10. The Morgan fingerprint density at radius 1 is 1.31 bits per heavy atom. The molecular weight excluding hydrogens is 298 g/mol. The zero-order valence-corrected chi connectivity index (χ0v) is 10.2. The summed E-state index contributed by atoms with van der Waals surface area (Å²) < 4.78 is -0.243. The van der Waals surface area contributed by atoms with Crippen molar-refractivity contribution in [3.05, 3.63) is 35.9 Å². The highest BCUT2D eigenvalue weighted by molar-refractivity contribution is 14.1. The van der Waals surface area contributed by atoms with Gasteiger partial charge in [-0.3, -0.25) is 0 Å². The first kappa shape index (κ1) is 11.3. The van der Waals surface area contributed by atoms with Crippen LogP contribution in [0.4, 0.5) is 0 Å². The molecule has 3 heteroatoms. The van der Waals surface area contributed by atoms with E-state index in [1.165, 1.54) is 0 Å². The van der Waals surface area contributed by atoms with E-state index in [4.69, 9.17) is 11.6 Å². The molecule has 1 aromatic carbocycles. The molecule has 0 saturated heterocycles. The molecule has 0 aliphatic rings. The van der Waals surface area contributed by atoms with Crippen LogP contribution in [-0.2, 0) is 0 Å². The predicted octanol–water partition coefficient (Wildman–Crippen LogP) is 3.15. The minimum Gasteiger partial charge on any atom is -0.390 e. The monoisotopic (exact) mass is 310 g/mol. The van der Waals surface area contributed by atoms with Gasteiger partial charge in [0.25, 0.3) is 0 Å². The number of alkyl halides is 2. The Bertz CT molecular complexity index is 250. The van der Waals surface area contributed by atoms with Crippen molar-refractivity contribution >= 4 is 34.2 Å². The van der Waals surface area contributed by atoms with Crippen LogP contribution < -0.4 is 0 Å². The van der Waals surface area contributed by atoms with Crippen LogP contribution in [0.25, 0.3) is 0 Å². The molecule has 1 nitrogen and oxygen atoms in total. The highest BCUT2D eigenvalue weighted by atomic mass is 127. The summed E-state index contributed by atoms with van der Waals surface area (Å²) in [4.78, 5) is 0. The first-order valence-corrected chi connectivity index (χ1v) is 5.82. The Labute approximate surface area is 97.3 Å². The molecule has 3 atom stereocenters. The number of hydrogen-bond donors (Lipinski definition) is 1. The predicted molar refractivity (Wildman–Crippen MR) is 64.5 cm³/mol. The molecule has 13 heavy (non-hydrogen) atoms. The molecule has 72 valence electrons. The van der Waals surface area contributed by atoms with Crippen LogP contribution in [0.15, 0.2) is 30.3 Å². The van der Waals surface area contributed by atoms with Gasteiger partial charge in [-0.1, -0.05) is 59.8 Å². The van der Waals surface area contributed by atoms with Gasteiger partial charge < -0.3 is 5.11 Å². The van der Waals surface area contributed by atoms with Gasteiger partial charge in [0.05, 0.1) is 6.10 Å². The van der Waals surface area contributed by atoms with Crippen molar-refractivity contribution in [2.24, 2.45) is 0 Å². The topological polar surface area (TPSA) is 20.2 Å². The number of rotatable bonds is 3. The van der Waals surface area contributed by atoms with E-state index < -0.39 is 6.10 Å². The number of aliphatic hydroxyl groups is 1. The molecule has 0 heterocycles. The van der Waals surface area contributed by atoms with Crippen molar-refractivity contribution in [2.75, 3.05) is 0 Å². The summed E-state index contributed by atoms with van der Waals surface area (Å²) in [6, 6.07) is 9.91. The maximum atomic E-state index is 9.71. The second-order valence-corrected chi connectivity index (χ2v) is 5.57. The molecule has 0 bridgehead atoms. The number of aliphatic hydroxyl groups excluding tert-OH is 1. The summed E-state index contributed by atoms with van der Waals surface area (Å²) in [6.07, 6.45) is -0.496. The van der Waals surface area contributed by atoms with E-state index in [0.29, 0.717) is 0 Å². The maximum absolute atomic E-state index is 9.71. The molecule has 0 spiro atoms. The standard InChI is InChI=1S/C10H12ClIO/c1-7(9(13)10(11)12)8-5-3-2-4-6-8/h2-7,9-10,13H,1H3. The lowest BCUT2D eigenvalue weighted by molar-refractivity contribution is 0.168. The smallest absolute Gasteiger partial charge is 0.111 e. The van der Waals surface area contributed by atoms with Crippen molar-refractivity contribution in [3.8, 4) is 0 Å². The molecule has 1 aromatic rings. The molecule has 3 unspecified atom stereocenters. The van der Waals surface area contributed by atoms with Gasteiger partial charge in [0, 0.05) is 5.92 Å². The van der Waals surface area contributed by atoms with Crippen molar-refractivity contribution in [3.63, 3.8) is 0 Å². The number of halogens is 2. The fraction of sp³-hybridized carbons (Fsp3) is 0.400. The van der Waals surface area contributed by atoms with Crippen LogP contribution in [0, 0.1) is 0 Å². The van der Waals surface area contributed by atoms with Gasteiger partial charge >= 0.3 is 0 Å².